The Morgan fingerprint density at radius 1 is 0.974 bits per heavy atom. The molecule has 0 aliphatic rings. The van der Waals surface area contributed by atoms with Crippen molar-refractivity contribution in [1.82, 2.24) is 34.9 Å². The molecule has 0 bridgehead atoms. The minimum Gasteiger partial charge on any atom is -0.471 e. The molecule has 0 aromatic carbocycles. The van der Waals surface area contributed by atoms with Gasteiger partial charge in [-0.25, -0.2) is 18.4 Å². The fourth-order valence-electron chi connectivity index (χ4n) is 3.55. The maximum absolute atomic E-state index is 14.1. The molecule has 4 aromatic rings. The number of ether oxygens (including phenoxy) is 3. The van der Waals surface area contributed by atoms with Crippen LogP contribution in [0.5, 0.6) is 17.8 Å². The van der Waals surface area contributed by atoms with Crippen molar-refractivity contribution in [3.8, 4) is 29.0 Å². The Hall–Kier alpha value is -4.29. The molecule has 4 rings (SSSR count). The first kappa shape index (κ1) is 27.7. The van der Waals surface area contributed by atoms with Gasteiger partial charge < -0.3 is 14.2 Å². The zero-order chi connectivity index (χ0) is 28.5. The molecule has 0 spiro atoms. The molecule has 0 aliphatic heterocycles. The number of alkyl halides is 2. The highest BCUT2D eigenvalue weighted by Gasteiger charge is 2.28. The van der Waals surface area contributed by atoms with E-state index in [4.69, 9.17) is 14.2 Å². The summed E-state index contributed by atoms with van der Waals surface area (Å²) in [4.78, 5) is 23.7. The van der Waals surface area contributed by atoms with E-state index in [2.05, 4.69) is 30.2 Å². The van der Waals surface area contributed by atoms with Crippen LogP contribution in [0.3, 0.4) is 0 Å². The predicted molar refractivity (Wildman–Crippen MR) is 137 cm³/mol. The number of fused-ring (bicyclic) bond motifs is 1. The first-order valence-corrected chi connectivity index (χ1v) is 12.1. The van der Waals surface area contributed by atoms with Crippen molar-refractivity contribution in [2.75, 3.05) is 0 Å². The summed E-state index contributed by atoms with van der Waals surface area (Å²) in [6.07, 6.45) is -1.39. The lowest BCUT2D eigenvalue weighted by Gasteiger charge is -2.24. The molecule has 1 atom stereocenters. The summed E-state index contributed by atoms with van der Waals surface area (Å²) in [6.45, 7) is 11.2. The van der Waals surface area contributed by atoms with E-state index < -0.39 is 23.7 Å². The second kappa shape index (κ2) is 10.5. The summed E-state index contributed by atoms with van der Waals surface area (Å²) in [7, 11) is 1.59. The van der Waals surface area contributed by atoms with Crippen molar-refractivity contribution < 1.29 is 27.8 Å². The predicted octanol–water partition coefficient (Wildman–Crippen LogP) is 4.77. The molecule has 13 heteroatoms. The van der Waals surface area contributed by atoms with E-state index in [1.165, 1.54) is 29.2 Å². The van der Waals surface area contributed by atoms with Crippen LogP contribution in [-0.4, -0.2) is 58.8 Å². The number of pyridine rings is 1. The number of carbonyl (C=O) groups excluding carboxylic acids is 1. The summed E-state index contributed by atoms with van der Waals surface area (Å²) >= 11 is 0. The zero-order valence-electron chi connectivity index (χ0n) is 22.6. The average Bonchev–Trinajstić information content (AvgIpc) is 3.15. The molecule has 0 fully saturated rings. The highest BCUT2D eigenvalue weighted by Crippen LogP contribution is 2.35. The first-order chi connectivity index (χ1) is 18.2. The quantitative estimate of drug-likeness (QED) is 0.288. The zero-order valence-corrected chi connectivity index (χ0v) is 22.6. The van der Waals surface area contributed by atoms with Gasteiger partial charge in [0.05, 0.1) is 10.9 Å². The second-order valence-electron chi connectivity index (χ2n) is 10.7. The van der Waals surface area contributed by atoms with Gasteiger partial charge in [0.2, 0.25) is 11.8 Å². The minimum absolute atomic E-state index is 0.00560. The monoisotopic (exact) mass is 541 g/mol. The van der Waals surface area contributed by atoms with E-state index in [0.717, 1.165) is 0 Å². The molecule has 4 heterocycles. The third-order valence-corrected chi connectivity index (χ3v) is 5.08. The third-order valence-electron chi connectivity index (χ3n) is 5.08. The highest BCUT2D eigenvalue weighted by molar-refractivity contribution is 5.85. The lowest BCUT2D eigenvalue weighted by molar-refractivity contribution is 0.00839. The van der Waals surface area contributed by atoms with Crippen molar-refractivity contribution >= 4 is 17.3 Å². The topological polar surface area (TPSA) is 127 Å². The Labute approximate surface area is 223 Å². The Balaban J connectivity index is 1.79. The van der Waals surface area contributed by atoms with Gasteiger partial charge in [-0.3, -0.25) is 9.78 Å². The van der Waals surface area contributed by atoms with E-state index in [0.29, 0.717) is 28.6 Å². The number of aromatic nitrogens is 7. The van der Waals surface area contributed by atoms with Crippen molar-refractivity contribution in [2.45, 2.75) is 65.3 Å². The Kier molecular flexibility index (Phi) is 7.44. The number of rotatable bonds is 8. The van der Waals surface area contributed by atoms with E-state index in [1.807, 2.05) is 41.5 Å². The van der Waals surface area contributed by atoms with Crippen LogP contribution in [0, 0.1) is 0 Å². The van der Waals surface area contributed by atoms with E-state index in [-0.39, 0.29) is 29.0 Å². The summed E-state index contributed by atoms with van der Waals surface area (Å²) in [6, 6.07) is 4.32. The normalized spacial score (nSPS) is 13.0. The molecule has 11 nitrogen and oxygen atoms in total. The smallest absolute Gasteiger partial charge is 0.320 e. The van der Waals surface area contributed by atoms with Gasteiger partial charge in [0, 0.05) is 25.0 Å². The summed E-state index contributed by atoms with van der Waals surface area (Å²) in [5.41, 5.74) is -0.0514. The number of hydrogen-bond acceptors (Lipinski definition) is 10. The summed E-state index contributed by atoms with van der Waals surface area (Å²) in [5.74, 6) is 0.116. The molecule has 4 aromatic heterocycles. The molecule has 206 valence electrons. The molecular formula is C26H29F2N7O4. The van der Waals surface area contributed by atoms with Gasteiger partial charge in [-0.2, -0.15) is 4.98 Å². The fourth-order valence-corrected chi connectivity index (χ4v) is 3.55. The van der Waals surface area contributed by atoms with Gasteiger partial charge in [-0.15, -0.1) is 15.3 Å². The largest absolute Gasteiger partial charge is 0.471 e. The van der Waals surface area contributed by atoms with Crippen LogP contribution < -0.4 is 14.2 Å². The Morgan fingerprint density at radius 2 is 1.69 bits per heavy atom. The van der Waals surface area contributed by atoms with E-state index in [1.54, 1.807) is 13.1 Å². The van der Waals surface area contributed by atoms with Gasteiger partial charge in [-0.05, 0) is 59.7 Å². The molecule has 0 saturated carbocycles. The van der Waals surface area contributed by atoms with Gasteiger partial charge in [-0.1, -0.05) is 0 Å². The summed E-state index contributed by atoms with van der Waals surface area (Å²) in [5, 5.41) is 13.1. The molecule has 0 amide bonds. The molecule has 0 N–H and O–H groups in total. The molecule has 39 heavy (non-hydrogen) atoms. The maximum Gasteiger partial charge on any atom is 0.320 e. The minimum atomic E-state index is -2.92. The lowest BCUT2D eigenvalue weighted by Crippen LogP contribution is -2.26. The van der Waals surface area contributed by atoms with Crippen molar-refractivity contribution in [3.63, 3.8) is 0 Å². The molecule has 0 radical (unpaired) electrons. The van der Waals surface area contributed by atoms with Gasteiger partial charge >= 0.3 is 6.01 Å². The lowest BCUT2D eigenvalue weighted by atomic mass is 10.1. The van der Waals surface area contributed by atoms with Crippen molar-refractivity contribution in [1.29, 1.82) is 0 Å². The van der Waals surface area contributed by atoms with Crippen LogP contribution in [0.4, 0.5) is 8.78 Å². The van der Waals surface area contributed by atoms with Gasteiger partial charge in [0.25, 0.3) is 6.43 Å². The third kappa shape index (κ3) is 6.59. The molecule has 0 saturated heterocycles. The Bertz CT molecular complexity index is 1500. The number of nitrogens with zero attached hydrogens (tertiary/aromatic N) is 7. The number of aryl methyl sites for hydroxylation is 1. The molecular weight excluding hydrogens is 512 g/mol. The number of halogens is 2. The molecule has 0 unspecified atom stereocenters. The standard InChI is InChI=1S/C26H29F2N7O4/c1-25(2,3)38-22-17(12-30-24(31-22)39-26(4,5)6)18-11-16-21(33-32-18)35(7)34-23(16)37-19(20(27)28)14-8-9-29-15(10-14)13-36/h8-13,19-20H,1-7H3/t19-/m1/s1. The van der Waals surface area contributed by atoms with Crippen molar-refractivity contribution in [2.24, 2.45) is 7.05 Å². The fraction of sp³-hybridized carbons (Fsp3) is 0.423. The SMILES string of the molecule is Cn1nc(O[C@H](c2ccnc(C=O)c2)C(F)F)c2cc(-c3cnc(OC(C)(C)C)nc3OC(C)(C)C)nnc21. The van der Waals surface area contributed by atoms with Crippen LogP contribution in [0.15, 0.2) is 30.6 Å². The van der Waals surface area contributed by atoms with Crippen LogP contribution in [0.1, 0.15) is 63.7 Å². The highest BCUT2D eigenvalue weighted by atomic mass is 19.3. The Morgan fingerprint density at radius 3 is 2.33 bits per heavy atom. The van der Waals surface area contributed by atoms with Crippen LogP contribution in [-0.2, 0) is 7.05 Å². The van der Waals surface area contributed by atoms with Crippen LogP contribution >= 0.6 is 0 Å². The van der Waals surface area contributed by atoms with Crippen LogP contribution in [0.2, 0.25) is 0 Å². The number of carbonyl (C=O) groups is 1. The molecule has 0 aliphatic carbocycles. The van der Waals surface area contributed by atoms with E-state index >= 15 is 0 Å². The second-order valence-corrected chi connectivity index (χ2v) is 10.7. The van der Waals surface area contributed by atoms with Gasteiger partial charge in [0.1, 0.15) is 22.6 Å². The average molecular weight is 542 g/mol. The number of aldehydes is 1. The van der Waals surface area contributed by atoms with Gasteiger partial charge in [0.15, 0.2) is 18.0 Å². The number of hydrogen-bond donors (Lipinski definition) is 0. The summed E-state index contributed by atoms with van der Waals surface area (Å²) < 4.78 is 47.1. The van der Waals surface area contributed by atoms with Crippen LogP contribution in [0.25, 0.3) is 22.3 Å². The maximum atomic E-state index is 14.1. The van der Waals surface area contributed by atoms with Crippen molar-refractivity contribution in [3.05, 3.63) is 41.9 Å². The van der Waals surface area contributed by atoms with E-state index in [9.17, 15) is 13.6 Å². The first-order valence-electron chi connectivity index (χ1n) is 12.1.